The van der Waals surface area contributed by atoms with Crippen LogP contribution >= 0.6 is 11.3 Å². The van der Waals surface area contributed by atoms with Crippen LogP contribution in [0.5, 0.6) is 11.5 Å². The summed E-state index contributed by atoms with van der Waals surface area (Å²) in [7, 11) is 3.14. The number of hydrogen-bond donors (Lipinski definition) is 2. The predicted octanol–water partition coefficient (Wildman–Crippen LogP) is 3.90. The third-order valence-corrected chi connectivity index (χ3v) is 4.97. The number of ether oxygens (including phenoxy) is 2. The van der Waals surface area contributed by atoms with Gasteiger partial charge in [-0.05, 0) is 30.3 Å². The van der Waals surface area contributed by atoms with Gasteiger partial charge in [-0.2, -0.15) is 5.26 Å². The van der Waals surface area contributed by atoms with Crippen LogP contribution in [0.1, 0.15) is 15.4 Å². The number of carbonyl (C=O) groups excluding carboxylic acids is 1. The molecule has 0 fully saturated rings. The maximum absolute atomic E-state index is 11.5. The normalized spacial score (nSPS) is 10.9. The van der Waals surface area contributed by atoms with Crippen LogP contribution in [0.3, 0.4) is 0 Å². The molecular formula is C21H18N4O3S. The average Bonchev–Trinajstić information content (AvgIpc) is 3.24. The number of benzene rings is 2. The van der Waals surface area contributed by atoms with Crippen LogP contribution in [-0.2, 0) is 0 Å². The van der Waals surface area contributed by atoms with E-state index in [-0.39, 0.29) is 0 Å². The summed E-state index contributed by atoms with van der Waals surface area (Å²) in [6.45, 7) is 0. The van der Waals surface area contributed by atoms with Crippen LogP contribution in [0.4, 0.5) is 5.69 Å². The third-order valence-electron chi connectivity index (χ3n) is 4.10. The van der Waals surface area contributed by atoms with Gasteiger partial charge in [0, 0.05) is 17.1 Å². The summed E-state index contributed by atoms with van der Waals surface area (Å²) in [4.78, 5) is 16.1. The lowest BCUT2D eigenvalue weighted by molar-refractivity contribution is 0.100. The van der Waals surface area contributed by atoms with Crippen LogP contribution < -0.4 is 20.5 Å². The van der Waals surface area contributed by atoms with E-state index in [9.17, 15) is 10.1 Å². The Labute approximate surface area is 172 Å². The van der Waals surface area contributed by atoms with Crippen molar-refractivity contribution in [2.75, 3.05) is 19.5 Å². The van der Waals surface area contributed by atoms with Gasteiger partial charge in [-0.15, -0.1) is 11.3 Å². The monoisotopic (exact) mass is 406 g/mol. The Morgan fingerprint density at radius 2 is 1.97 bits per heavy atom. The lowest BCUT2D eigenvalue weighted by atomic mass is 10.1. The first-order valence-corrected chi connectivity index (χ1v) is 9.39. The number of para-hydroxylation sites is 1. The second-order valence-electron chi connectivity index (χ2n) is 5.83. The molecule has 3 N–H and O–H groups in total. The molecule has 0 spiro atoms. The fourth-order valence-corrected chi connectivity index (χ4v) is 3.44. The van der Waals surface area contributed by atoms with E-state index in [4.69, 9.17) is 15.2 Å². The summed E-state index contributed by atoms with van der Waals surface area (Å²) < 4.78 is 10.6. The van der Waals surface area contributed by atoms with E-state index in [2.05, 4.69) is 16.4 Å². The summed E-state index contributed by atoms with van der Waals surface area (Å²) in [6, 6.07) is 14.4. The van der Waals surface area contributed by atoms with Crippen LogP contribution in [-0.4, -0.2) is 25.1 Å². The highest BCUT2D eigenvalue weighted by Crippen LogP contribution is 2.33. The van der Waals surface area contributed by atoms with Gasteiger partial charge in [-0.1, -0.05) is 12.1 Å². The number of aromatic nitrogens is 1. The fourth-order valence-electron chi connectivity index (χ4n) is 2.64. The molecule has 0 saturated heterocycles. The number of amides is 1. The number of nitrogens with one attached hydrogen (secondary N) is 1. The average molecular weight is 406 g/mol. The number of nitrogens with zero attached hydrogens (tertiary/aromatic N) is 2. The fraction of sp³-hybridized carbons (Fsp3) is 0.0952. The first-order valence-electron chi connectivity index (χ1n) is 8.51. The van der Waals surface area contributed by atoms with Crippen molar-refractivity contribution in [3.8, 4) is 28.8 Å². The first-order chi connectivity index (χ1) is 14.1. The molecule has 3 aromatic rings. The Bertz CT molecular complexity index is 1120. The van der Waals surface area contributed by atoms with Gasteiger partial charge >= 0.3 is 0 Å². The first kappa shape index (κ1) is 19.9. The molecule has 1 amide bonds. The summed E-state index contributed by atoms with van der Waals surface area (Å²) in [5, 5.41) is 14.9. The number of rotatable bonds is 7. The Morgan fingerprint density at radius 1 is 1.21 bits per heavy atom. The Morgan fingerprint density at radius 3 is 2.66 bits per heavy atom. The molecule has 1 aromatic heterocycles. The molecule has 146 valence electrons. The van der Waals surface area contributed by atoms with Crippen molar-refractivity contribution in [1.82, 2.24) is 4.98 Å². The van der Waals surface area contributed by atoms with Crippen LogP contribution in [0.2, 0.25) is 0 Å². The summed E-state index contributed by atoms with van der Waals surface area (Å²) in [5.41, 5.74) is 8.13. The third kappa shape index (κ3) is 4.36. The summed E-state index contributed by atoms with van der Waals surface area (Å²) >= 11 is 1.34. The Balaban J connectivity index is 1.88. The highest BCUT2D eigenvalue weighted by atomic mass is 32.1. The zero-order valence-electron chi connectivity index (χ0n) is 15.8. The van der Waals surface area contributed by atoms with Gasteiger partial charge in [0.1, 0.15) is 16.6 Å². The van der Waals surface area contributed by atoms with Gasteiger partial charge in [0.05, 0.1) is 31.2 Å². The molecule has 0 radical (unpaired) electrons. The van der Waals surface area contributed by atoms with Gasteiger partial charge < -0.3 is 20.5 Å². The highest BCUT2D eigenvalue weighted by Gasteiger charge is 2.12. The lowest BCUT2D eigenvalue weighted by Crippen LogP contribution is -2.13. The van der Waals surface area contributed by atoms with Gasteiger partial charge in [0.15, 0.2) is 11.5 Å². The maximum Gasteiger partial charge on any atom is 0.250 e. The van der Waals surface area contributed by atoms with E-state index in [1.165, 1.54) is 17.5 Å². The molecule has 0 saturated carbocycles. The lowest BCUT2D eigenvalue weighted by Gasteiger charge is -2.08. The minimum Gasteiger partial charge on any atom is -0.493 e. The van der Waals surface area contributed by atoms with E-state index in [0.717, 1.165) is 5.56 Å². The van der Waals surface area contributed by atoms with Crippen molar-refractivity contribution in [2.45, 2.75) is 0 Å². The molecule has 0 aliphatic carbocycles. The number of hydrogen-bond acceptors (Lipinski definition) is 7. The van der Waals surface area contributed by atoms with Gasteiger partial charge in [0.25, 0.3) is 5.91 Å². The number of carbonyl (C=O) groups is 1. The largest absolute Gasteiger partial charge is 0.493 e. The van der Waals surface area contributed by atoms with Gasteiger partial charge in [-0.3, -0.25) is 4.79 Å². The van der Waals surface area contributed by atoms with Crippen molar-refractivity contribution in [3.05, 3.63) is 64.6 Å². The molecule has 0 bridgehead atoms. The van der Waals surface area contributed by atoms with Crippen molar-refractivity contribution in [3.63, 3.8) is 0 Å². The minimum atomic E-state index is -0.551. The predicted molar refractivity (Wildman–Crippen MR) is 113 cm³/mol. The summed E-state index contributed by atoms with van der Waals surface area (Å²) in [6.07, 6.45) is 1.51. The van der Waals surface area contributed by atoms with Crippen LogP contribution in [0.25, 0.3) is 16.8 Å². The van der Waals surface area contributed by atoms with Crippen molar-refractivity contribution < 1.29 is 14.3 Å². The van der Waals surface area contributed by atoms with E-state index >= 15 is 0 Å². The smallest absolute Gasteiger partial charge is 0.250 e. The number of allylic oxidation sites excluding steroid dienone is 1. The molecule has 29 heavy (non-hydrogen) atoms. The second-order valence-corrected chi connectivity index (χ2v) is 6.69. The highest BCUT2D eigenvalue weighted by molar-refractivity contribution is 7.11. The number of nitriles is 1. The molecule has 0 unspecified atom stereocenters. The minimum absolute atomic E-state index is 0.334. The van der Waals surface area contributed by atoms with Crippen molar-refractivity contribution in [1.29, 1.82) is 5.26 Å². The molecule has 8 heteroatoms. The molecule has 2 aromatic carbocycles. The molecule has 1 heterocycles. The molecule has 0 atom stereocenters. The molecular weight excluding hydrogens is 388 g/mol. The standard InChI is InChI=1S/C21H18N4O3S/c1-27-18-8-7-13(9-19(18)28-2)17-12-29-21(25-17)14(10-22)11-24-16-6-4-3-5-15(16)20(23)26/h3-9,11-12,24H,1-2H3,(H2,23,26). The second kappa shape index (κ2) is 8.91. The van der Waals surface area contributed by atoms with Crippen LogP contribution in [0, 0.1) is 11.3 Å². The van der Waals surface area contributed by atoms with E-state index < -0.39 is 5.91 Å². The maximum atomic E-state index is 11.5. The molecule has 0 aliphatic rings. The number of primary amides is 1. The summed E-state index contributed by atoms with van der Waals surface area (Å²) in [5.74, 6) is 0.673. The van der Waals surface area contributed by atoms with E-state index in [0.29, 0.717) is 39.0 Å². The van der Waals surface area contributed by atoms with Crippen molar-refractivity contribution in [2.24, 2.45) is 5.73 Å². The quantitative estimate of drug-likeness (QED) is 0.576. The number of nitrogens with two attached hydrogens (primary N) is 1. The van der Waals surface area contributed by atoms with Crippen LogP contribution in [0.15, 0.2) is 54.0 Å². The molecule has 3 rings (SSSR count). The van der Waals surface area contributed by atoms with E-state index in [1.807, 2.05) is 17.5 Å². The molecule has 7 nitrogen and oxygen atoms in total. The topological polar surface area (TPSA) is 110 Å². The van der Waals surface area contributed by atoms with Crippen molar-refractivity contribution >= 4 is 28.5 Å². The number of anilines is 1. The molecule has 0 aliphatic heterocycles. The Kier molecular flexibility index (Phi) is 6.12. The number of thiazole rings is 1. The zero-order chi connectivity index (χ0) is 20.8. The Hall–Kier alpha value is -3.83. The number of methoxy groups -OCH3 is 2. The van der Waals surface area contributed by atoms with Gasteiger partial charge in [0.2, 0.25) is 0 Å². The zero-order valence-corrected chi connectivity index (χ0v) is 16.6. The van der Waals surface area contributed by atoms with Gasteiger partial charge in [-0.25, -0.2) is 4.98 Å². The van der Waals surface area contributed by atoms with E-state index in [1.54, 1.807) is 44.6 Å². The SMILES string of the molecule is COc1ccc(-c2csc(C(C#N)=CNc3ccccc3C(N)=O)n2)cc1OC.